The van der Waals surface area contributed by atoms with Gasteiger partial charge in [-0.15, -0.1) is 0 Å². The largest absolute Gasteiger partial charge is 0.439 e. The lowest BCUT2D eigenvalue weighted by Gasteiger charge is -2.07. The Morgan fingerprint density at radius 1 is 1.33 bits per heavy atom. The molecule has 0 unspecified atom stereocenters. The second-order valence-corrected chi connectivity index (χ2v) is 4.65. The molecule has 2 rings (SSSR count). The van der Waals surface area contributed by atoms with Gasteiger partial charge in [0.25, 0.3) is 0 Å². The Kier molecular flexibility index (Phi) is 3.93. The Morgan fingerprint density at radius 3 is 2.78 bits per heavy atom. The number of pyridine rings is 1. The van der Waals surface area contributed by atoms with Crippen LogP contribution in [-0.2, 0) is 6.61 Å². The maximum atomic E-state index is 13.1. The highest BCUT2D eigenvalue weighted by Gasteiger charge is 2.05. The van der Waals surface area contributed by atoms with Gasteiger partial charge in [-0.25, -0.2) is 9.37 Å². The average Bonchev–Trinajstić information content (AvgIpc) is 2.33. The Bertz CT molecular complexity index is 575. The molecule has 1 N–H and O–H groups in total. The van der Waals surface area contributed by atoms with E-state index in [1.807, 2.05) is 6.92 Å². The molecule has 3 nitrogen and oxygen atoms in total. The molecule has 0 aliphatic carbocycles. The molecule has 0 bridgehead atoms. The Hall–Kier alpha value is -1.46. The van der Waals surface area contributed by atoms with Crippen LogP contribution in [0.4, 0.5) is 4.39 Å². The summed E-state index contributed by atoms with van der Waals surface area (Å²) in [6.45, 7) is 1.74. The van der Waals surface area contributed by atoms with Crippen LogP contribution in [0.2, 0.25) is 0 Å². The van der Waals surface area contributed by atoms with Crippen molar-refractivity contribution in [2.45, 2.75) is 13.5 Å². The third-order valence-electron chi connectivity index (χ3n) is 2.29. The van der Waals surface area contributed by atoms with Crippen molar-refractivity contribution in [3.8, 4) is 11.6 Å². The molecule has 1 aromatic heterocycles. The van der Waals surface area contributed by atoms with E-state index in [2.05, 4.69) is 20.9 Å². The molecule has 0 fully saturated rings. The van der Waals surface area contributed by atoms with Gasteiger partial charge in [-0.1, -0.05) is 0 Å². The molecule has 5 heteroatoms. The summed E-state index contributed by atoms with van der Waals surface area (Å²) < 4.78 is 18.9. The van der Waals surface area contributed by atoms with Gasteiger partial charge in [0, 0.05) is 11.8 Å². The van der Waals surface area contributed by atoms with Gasteiger partial charge in [-0.2, -0.15) is 0 Å². The zero-order valence-corrected chi connectivity index (χ0v) is 11.2. The fraction of sp³-hybridized carbons (Fsp3) is 0.154. The minimum atomic E-state index is -0.351. The van der Waals surface area contributed by atoms with Crippen molar-refractivity contribution in [1.82, 2.24) is 4.98 Å². The highest BCUT2D eigenvalue weighted by Crippen LogP contribution is 2.26. The molecule has 0 saturated carbocycles. The Morgan fingerprint density at radius 2 is 2.11 bits per heavy atom. The van der Waals surface area contributed by atoms with Crippen LogP contribution in [0, 0.1) is 12.7 Å². The number of benzene rings is 1. The summed E-state index contributed by atoms with van der Waals surface area (Å²) in [5.74, 6) is 0.499. The molecule has 0 amide bonds. The van der Waals surface area contributed by atoms with Gasteiger partial charge in [0.2, 0.25) is 5.88 Å². The second kappa shape index (κ2) is 5.46. The van der Waals surface area contributed by atoms with Crippen molar-refractivity contribution >= 4 is 15.9 Å². The number of ether oxygens (including phenoxy) is 1. The van der Waals surface area contributed by atoms with E-state index in [1.54, 1.807) is 12.1 Å². The van der Waals surface area contributed by atoms with Gasteiger partial charge in [-0.3, -0.25) is 0 Å². The predicted octanol–water partition coefficient (Wildman–Crippen LogP) is 3.58. The first kappa shape index (κ1) is 13.0. The van der Waals surface area contributed by atoms with Crippen LogP contribution in [0.1, 0.15) is 11.3 Å². The van der Waals surface area contributed by atoms with Crippen LogP contribution in [-0.4, -0.2) is 10.1 Å². The molecule has 1 heterocycles. The van der Waals surface area contributed by atoms with Gasteiger partial charge in [0.15, 0.2) is 0 Å². The lowest BCUT2D eigenvalue weighted by Crippen LogP contribution is -1.94. The maximum absolute atomic E-state index is 13.1. The quantitative estimate of drug-likeness (QED) is 0.942. The van der Waals surface area contributed by atoms with Gasteiger partial charge in [0.1, 0.15) is 11.6 Å². The number of rotatable bonds is 3. The lowest BCUT2D eigenvalue weighted by molar-refractivity contribution is 0.281. The van der Waals surface area contributed by atoms with Crippen molar-refractivity contribution in [1.29, 1.82) is 0 Å². The smallest absolute Gasteiger partial charge is 0.219 e. The first-order valence-electron chi connectivity index (χ1n) is 5.30. The summed E-state index contributed by atoms with van der Waals surface area (Å²) in [4.78, 5) is 4.19. The predicted molar refractivity (Wildman–Crippen MR) is 69.1 cm³/mol. The topological polar surface area (TPSA) is 42.4 Å². The van der Waals surface area contributed by atoms with E-state index in [4.69, 9.17) is 9.84 Å². The highest BCUT2D eigenvalue weighted by molar-refractivity contribution is 9.10. The number of aromatic nitrogens is 1. The van der Waals surface area contributed by atoms with Gasteiger partial charge >= 0.3 is 0 Å². The number of hydrogen-bond donors (Lipinski definition) is 1. The average molecular weight is 312 g/mol. The van der Waals surface area contributed by atoms with E-state index in [9.17, 15) is 4.39 Å². The second-order valence-electron chi connectivity index (χ2n) is 3.79. The van der Waals surface area contributed by atoms with Crippen LogP contribution in [0.15, 0.2) is 34.8 Å². The SMILES string of the molecule is Cc1cc(CO)cc(Oc2ccc(F)c(Br)c2)n1. The summed E-state index contributed by atoms with van der Waals surface area (Å²) in [6, 6.07) is 7.76. The summed E-state index contributed by atoms with van der Waals surface area (Å²) in [5.41, 5.74) is 1.47. The number of halogens is 2. The Labute approximate surface area is 112 Å². The third-order valence-corrected chi connectivity index (χ3v) is 2.89. The molecular formula is C13H11BrFNO2. The van der Waals surface area contributed by atoms with Crippen molar-refractivity contribution in [2.75, 3.05) is 0 Å². The minimum Gasteiger partial charge on any atom is -0.439 e. The molecule has 2 aromatic rings. The van der Waals surface area contributed by atoms with E-state index in [0.717, 1.165) is 11.3 Å². The van der Waals surface area contributed by atoms with Crippen molar-refractivity contribution in [2.24, 2.45) is 0 Å². The molecule has 1 aromatic carbocycles. The fourth-order valence-electron chi connectivity index (χ4n) is 1.51. The number of aliphatic hydroxyl groups is 1. The maximum Gasteiger partial charge on any atom is 0.219 e. The molecule has 0 saturated heterocycles. The first-order valence-corrected chi connectivity index (χ1v) is 6.09. The lowest BCUT2D eigenvalue weighted by atomic mass is 10.2. The summed E-state index contributed by atoms with van der Waals surface area (Å²) in [6.07, 6.45) is 0. The van der Waals surface area contributed by atoms with E-state index in [1.165, 1.54) is 18.2 Å². The standard InChI is InChI=1S/C13H11BrFNO2/c1-8-4-9(7-17)5-13(16-8)18-10-2-3-12(15)11(14)6-10/h2-6,17H,7H2,1H3. The van der Waals surface area contributed by atoms with Crippen LogP contribution >= 0.6 is 15.9 Å². The van der Waals surface area contributed by atoms with E-state index < -0.39 is 0 Å². The van der Waals surface area contributed by atoms with Gasteiger partial charge < -0.3 is 9.84 Å². The Balaban J connectivity index is 2.27. The van der Waals surface area contributed by atoms with Gasteiger partial charge in [-0.05, 0) is 52.7 Å². The molecule has 0 aliphatic rings. The monoisotopic (exact) mass is 311 g/mol. The van der Waals surface area contributed by atoms with Crippen LogP contribution in [0.3, 0.4) is 0 Å². The number of nitrogens with zero attached hydrogens (tertiary/aromatic N) is 1. The summed E-state index contributed by atoms with van der Waals surface area (Å²) in [5, 5.41) is 9.09. The van der Waals surface area contributed by atoms with E-state index in [0.29, 0.717) is 16.1 Å². The first-order chi connectivity index (χ1) is 8.58. The fourth-order valence-corrected chi connectivity index (χ4v) is 1.87. The van der Waals surface area contributed by atoms with Crippen LogP contribution in [0.25, 0.3) is 0 Å². The molecule has 18 heavy (non-hydrogen) atoms. The zero-order valence-electron chi connectivity index (χ0n) is 9.65. The zero-order chi connectivity index (χ0) is 13.1. The van der Waals surface area contributed by atoms with E-state index >= 15 is 0 Å². The highest BCUT2D eigenvalue weighted by atomic mass is 79.9. The molecular weight excluding hydrogens is 301 g/mol. The molecule has 0 spiro atoms. The summed E-state index contributed by atoms with van der Waals surface area (Å²) in [7, 11) is 0. The molecule has 0 radical (unpaired) electrons. The van der Waals surface area contributed by atoms with Crippen molar-refractivity contribution in [3.63, 3.8) is 0 Å². The minimum absolute atomic E-state index is 0.0766. The number of aryl methyl sites for hydroxylation is 1. The molecule has 94 valence electrons. The van der Waals surface area contributed by atoms with Crippen LogP contribution < -0.4 is 4.74 Å². The van der Waals surface area contributed by atoms with Crippen molar-refractivity contribution < 1.29 is 14.2 Å². The molecule has 0 aliphatic heterocycles. The van der Waals surface area contributed by atoms with E-state index in [-0.39, 0.29) is 12.4 Å². The number of aliphatic hydroxyl groups excluding tert-OH is 1. The normalized spacial score (nSPS) is 10.4. The summed E-state index contributed by atoms with van der Waals surface area (Å²) >= 11 is 3.09. The van der Waals surface area contributed by atoms with Crippen molar-refractivity contribution in [3.05, 3.63) is 51.9 Å². The van der Waals surface area contributed by atoms with Gasteiger partial charge in [0.05, 0.1) is 11.1 Å². The third kappa shape index (κ3) is 3.05. The number of hydrogen-bond acceptors (Lipinski definition) is 3. The molecule has 0 atom stereocenters. The van der Waals surface area contributed by atoms with Crippen LogP contribution in [0.5, 0.6) is 11.6 Å².